The molecule has 0 aliphatic carbocycles. The van der Waals surface area contributed by atoms with Crippen molar-refractivity contribution in [2.24, 2.45) is 10.8 Å². The lowest BCUT2D eigenvalue weighted by atomic mass is 9.68. The van der Waals surface area contributed by atoms with Crippen LogP contribution in [0.25, 0.3) is 6.08 Å². The number of benzene rings is 2. The third-order valence-electron chi connectivity index (χ3n) is 6.40. The van der Waals surface area contributed by atoms with Crippen LogP contribution in [0, 0.1) is 46.2 Å². The van der Waals surface area contributed by atoms with Gasteiger partial charge in [0.05, 0.1) is 24.2 Å². The molecule has 4 nitrogen and oxygen atoms in total. The highest BCUT2D eigenvalue weighted by Gasteiger charge is 2.64. The number of nitrogens with zero attached hydrogens (tertiary/aromatic N) is 3. The first-order valence-corrected chi connectivity index (χ1v) is 10.3. The molecule has 0 N–H and O–H groups in total. The quantitative estimate of drug-likeness (QED) is 0.683. The van der Waals surface area contributed by atoms with Crippen molar-refractivity contribution < 1.29 is 9.18 Å². The van der Waals surface area contributed by atoms with Gasteiger partial charge in [0.1, 0.15) is 5.82 Å². The molecule has 4 rings (SSSR count). The molecule has 0 aromatic heterocycles. The molecule has 0 radical (unpaired) electrons. The zero-order valence-corrected chi connectivity index (χ0v) is 18.1. The normalized spacial score (nSPS) is 23.5. The van der Waals surface area contributed by atoms with E-state index in [0.717, 1.165) is 16.8 Å². The van der Waals surface area contributed by atoms with Crippen LogP contribution in [0.4, 0.5) is 10.1 Å². The summed E-state index contributed by atoms with van der Waals surface area (Å²) in [6.07, 6.45) is 3.79. The number of hydrogen-bond acceptors (Lipinski definition) is 4. The monoisotopic (exact) mass is 413 g/mol. The second kappa shape index (κ2) is 7.06. The van der Waals surface area contributed by atoms with Gasteiger partial charge in [-0.25, -0.2) is 4.39 Å². The standard InChI is InChI=1S/C26H24FN3O/c1-16-5-11-20-18(13-16)8-12-21-26(14-28,15-29)22(17-6-9-19(27)10-7-17)23(30(20)21)24(31)25(2,3)4/h5-13,21-23H,1-4H3/t21-,22+,23-/m0/s1. The molecule has 0 bridgehead atoms. The molecular weight excluding hydrogens is 389 g/mol. The second-order valence-corrected chi connectivity index (χ2v) is 9.45. The van der Waals surface area contributed by atoms with Gasteiger partial charge in [-0.2, -0.15) is 10.5 Å². The minimum atomic E-state index is -1.50. The highest BCUT2D eigenvalue weighted by atomic mass is 19.1. The maximum absolute atomic E-state index is 13.8. The lowest BCUT2D eigenvalue weighted by Crippen LogP contribution is -2.47. The number of halogens is 1. The van der Waals surface area contributed by atoms with Crippen molar-refractivity contribution >= 4 is 17.5 Å². The SMILES string of the molecule is Cc1ccc2c(c1)C=C[C@@H]1N2[C@H](C(=O)C(C)(C)C)[C@@H](c2ccc(F)cc2)C1(C#N)C#N. The Hall–Kier alpha value is -3.44. The molecule has 2 aliphatic heterocycles. The van der Waals surface area contributed by atoms with Crippen molar-refractivity contribution in [1.29, 1.82) is 10.5 Å². The Morgan fingerprint density at radius 2 is 1.74 bits per heavy atom. The summed E-state index contributed by atoms with van der Waals surface area (Å²) in [7, 11) is 0. The number of carbonyl (C=O) groups excluding carboxylic acids is 1. The predicted octanol–water partition coefficient (Wildman–Crippen LogP) is 5.15. The van der Waals surface area contributed by atoms with Gasteiger partial charge in [-0.15, -0.1) is 0 Å². The van der Waals surface area contributed by atoms with E-state index in [9.17, 15) is 19.7 Å². The molecule has 1 saturated heterocycles. The van der Waals surface area contributed by atoms with Crippen LogP contribution in [-0.4, -0.2) is 17.9 Å². The Kier molecular flexibility index (Phi) is 4.74. The van der Waals surface area contributed by atoms with Crippen LogP contribution in [0.15, 0.2) is 48.5 Å². The van der Waals surface area contributed by atoms with Crippen LogP contribution in [0.2, 0.25) is 0 Å². The van der Waals surface area contributed by atoms with E-state index in [1.807, 2.05) is 62.9 Å². The largest absolute Gasteiger partial charge is 0.351 e. The highest BCUT2D eigenvalue weighted by molar-refractivity contribution is 5.96. The fourth-order valence-electron chi connectivity index (χ4n) is 4.90. The highest BCUT2D eigenvalue weighted by Crippen LogP contribution is 2.56. The molecule has 1 fully saturated rings. The molecular formula is C26H24FN3O. The van der Waals surface area contributed by atoms with Crippen LogP contribution in [-0.2, 0) is 4.79 Å². The van der Waals surface area contributed by atoms with Crippen molar-refractivity contribution in [1.82, 2.24) is 0 Å². The van der Waals surface area contributed by atoms with E-state index in [-0.39, 0.29) is 5.78 Å². The lowest BCUT2D eigenvalue weighted by molar-refractivity contribution is -0.127. The summed E-state index contributed by atoms with van der Waals surface area (Å²) in [5.41, 5.74) is 1.29. The molecule has 2 aromatic rings. The first-order chi connectivity index (χ1) is 14.6. The summed E-state index contributed by atoms with van der Waals surface area (Å²) in [6, 6.07) is 15.0. The minimum Gasteiger partial charge on any atom is -0.351 e. The molecule has 2 aromatic carbocycles. The first kappa shape index (κ1) is 20.8. The molecule has 2 aliphatic rings. The zero-order chi connectivity index (χ0) is 22.6. The van der Waals surface area contributed by atoms with Gasteiger partial charge in [-0.1, -0.05) is 56.7 Å². The number of fused-ring (bicyclic) bond motifs is 3. The number of aryl methyl sites for hydroxylation is 1. The Balaban J connectivity index is 2.03. The first-order valence-electron chi connectivity index (χ1n) is 10.3. The Morgan fingerprint density at radius 1 is 1.10 bits per heavy atom. The van der Waals surface area contributed by atoms with Gasteiger partial charge in [-0.3, -0.25) is 4.79 Å². The van der Waals surface area contributed by atoms with Crippen molar-refractivity contribution in [2.45, 2.75) is 45.7 Å². The van der Waals surface area contributed by atoms with E-state index in [1.54, 1.807) is 12.1 Å². The van der Waals surface area contributed by atoms with Gasteiger partial charge in [0.2, 0.25) is 0 Å². The molecule has 0 unspecified atom stereocenters. The maximum atomic E-state index is 13.8. The van der Waals surface area contributed by atoms with Crippen LogP contribution >= 0.6 is 0 Å². The summed E-state index contributed by atoms with van der Waals surface area (Å²) in [6.45, 7) is 7.54. The average Bonchev–Trinajstić information content (AvgIpc) is 3.03. The number of ketones is 1. The number of nitriles is 2. The number of rotatable bonds is 2. The fourth-order valence-corrected chi connectivity index (χ4v) is 4.90. The van der Waals surface area contributed by atoms with Crippen molar-refractivity contribution in [2.75, 3.05) is 4.90 Å². The van der Waals surface area contributed by atoms with E-state index in [4.69, 9.17) is 0 Å². The molecule has 156 valence electrons. The van der Waals surface area contributed by atoms with Crippen molar-refractivity contribution in [3.05, 3.63) is 71.0 Å². The summed E-state index contributed by atoms with van der Waals surface area (Å²) in [5.74, 6) is -1.18. The molecule has 0 amide bonds. The molecule has 0 spiro atoms. The van der Waals surface area contributed by atoms with Crippen molar-refractivity contribution in [3.63, 3.8) is 0 Å². The topological polar surface area (TPSA) is 67.9 Å². The Morgan fingerprint density at radius 3 is 2.32 bits per heavy atom. The zero-order valence-electron chi connectivity index (χ0n) is 18.1. The molecule has 0 saturated carbocycles. The van der Waals surface area contributed by atoms with E-state index in [2.05, 4.69) is 12.1 Å². The number of Topliss-reactive ketones (excluding diaryl/α,β-unsaturated/α-hetero) is 1. The summed E-state index contributed by atoms with van der Waals surface area (Å²) < 4.78 is 13.7. The van der Waals surface area contributed by atoms with Gasteiger partial charge in [-0.05, 0) is 42.3 Å². The van der Waals surface area contributed by atoms with E-state index >= 15 is 0 Å². The molecule has 5 heteroatoms. The predicted molar refractivity (Wildman–Crippen MR) is 118 cm³/mol. The van der Waals surface area contributed by atoms with Gasteiger partial charge >= 0.3 is 0 Å². The van der Waals surface area contributed by atoms with E-state index < -0.39 is 34.6 Å². The Labute approximate surface area is 182 Å². The van der Waals surface area contributed by atoms with Crippen LogP contribution < -0.4 is 4.90 Å². The van der Waals surface area contributed by atoms with Crippen LogP contribution in [0.5, 0.6) is 0 Å². The second-order valence-electron chi connectivity index (χ2n) is 9.45. The van der Waals surface area contributed by atoms with Gasteiger partial charge in [0, 0.05) is 17.0 Å². The third kappa shape index (κ3) is 3.04. The fraction of sp³-hybridized carbons (Fsp3) is 0.346. The van der Waals surface area contributed by atoms with E-state index in [0.29, 0.717) is 5.56 Å². The van der Waals surface area contributed by atoms with E-state index in [1.165, 1.54) is 12.1 Å². The third-order valence-corrected chi connectivity index (χ3v) is 6.40. The van der Waals surface area contributed by atoms with Crippen molar-refractivity contribution in [3.8, 4) is 12.1 Å². The number of anilines is 1. The number of carbonyl (C=O) groups is 1. The van der Waals surface area contributed by atoms with Crippen LogP contribution in [0.3, 0.4) is 0 Å². The van der Waals surface area contributed by atoms with Gasteiger partial charge in [0.25, 0.3) is 0 Å². The van der Waals surface area contributed by atoms with Gasteiger partial charge < -0.3 is 4.90 Å². The smallest absolute Gasteiger partial charge is 0.176 e. The average molecular weight is 413 g/mol. The molecule has 2 heterocycles. The minimum absolute atomic E-state index is 0.0546. The molecule has 3 atom stereocenters. The Bertz CT molecular complexity index is 1150. The van der Waals surface area contributed by atoms with Crippen LogP contribution in [0.1, 0.15) is 43.4 Å². The summed E-state index contributed by atoms with van der Waals surface area (Å²) in [5, 5.41) is 20.6. The summed E-state index contributed by atoms with van der Waals surface area (Å²) >= 11 is 0. The lowest BCUT2D eigenvalue weighted by Gasteiger charge is -2.37. The summed E-state index contributed by atoms with van der Waals surface area (Å²) in [4.78, 5) is 15.8. The number of hydrogen-bond donors (Lipinski definition) is 0. The van der Waals surface area contributed by atoms with Gasteiger partial charge in [0.15, 0.2) is 11.2 Å². The molecule has 31 heavy (non-hydrogen) atoms. The maximum Gasteiger partial charge on any atom is 0.176 e.